The number of carbonyl (C=O) groups is 2. The number of rotatable bonds is 9. The molecule has 0 radical (unpaired) electrons. The van der Waals surface area contributed by atoms with Gasteiger partial charge in [-0.3, -0.25) is 25.0 Å². The summed E-state index contributed by atoms with van der Waals surface area (Å²) in [6, 6.07) is 11.3. The Labute approximate surface area is 192 Å². The van der Waals surface area contributed by atoms with Gasteiger partial charge in [0.1, 0.15) is 5.69 Å². The van der Waals surface area contributed by atoms with Gasteiger partial charge in [0.05, 0.1) is 23.6 Å². The van der Waals surface area contributed by atoms with Crippen LogP contribution in [-0.2, 0) is 22.5 Å². The zero-order valence-corrected chi connectivity index (χ0v) is 18.5. The molecule has 2 N–H and O–H groups in total. The predicted octanol–water partition coefficient (Wildman–Crippen LogP) is 4.67. The number of esters is 1. The number of halogens is 1. The summed E-state index contributed by atoms with van der Waals surface area (Å²) in [5.74, 6) is -0.964. The van der Waals surface area contributed by atoms with Crippen molar-refractivity contribution in [3.8, 4) is 0 Å². The van der Waals surface area contributed by atoms with Crippen LogP contribution in [0.15, 0.2) is 47.8 Å². The summed E-state index contributed by atoms with van der Waals surface area (Å²) in [5.41, 5.74) is 1.37. The van der Waals surface area contributed by atoms with Gasteiger partial charge in [-0.2, -0.15) is 0 Å². The highest BCUT2D eigenvalue weighted by atomic mass is 35.5. The smallest absolute Gasteiger partial charge is 0.311 e. The first-order valence-corrected chi connectivity index (χ1v) is 10.8. The summed E-state index contributed by atoms with van der Waals surface area (Å²) in [6.45, 7) is 2.27. The van der Waals surface area contributed by atoms with Crippen molar-refractivity contribution < 1.29 is 19.2 Å². The normalized spacial score (nSPS) is 10.4. The molecule has 1 amide bonds. The number of nitrogens with one attached hydrogen (secondary N) is 2. The van der Waals surface area contributed by atoms with E-state index >= 15 is 0 Å². The zero-order chi connectivity index (χ0) is 23.1. The van der Waals surface area contributed by atoms with Gasteiger partial charge in [-0.25, -0.2) is 4.98 Å². The summed E-state index contributed by atoms with van der Waals surface area (Å²) in [5, 5.41) is 19.6. The second-order valence-corrected chi connectivity index (χ2v) is 7.78. The number of nitrogens with zero attached hydrogens (tertiary/aromatic N) is 2. The molecule has 0 unspecified atom stereocenters. The fourth-order valence-electron chi connectivity index (χ4n) is 2.78. The number of benzene rings is 2. The van der Waals surface area contributed by atoms with Crippen LogP contribution in [0.3, 0.4) is 0 Å². The summed E-state index contributed by atoms with van der Waals surface area (Å²) in [4.78, 5) is 39.3. The first-order valence-electron chi connectivity index (χ1n) is 9.54. The lowest BCUT2D eigenvalue weighted by atomic mass is 10.1. The number of hydrogen-bond acceptors (Lipinski definition) is 8. The van der Waals surface area contributed by atoms with Gasteiger partial charge in [-0.15, -0.1) is 11.3 Å². The minimum absolute atomic E-state index is 0.00250. The molecular formula is C21H19ClN4O5S. The molecule has 0 aliphatic carbocycles. The lowest BCUT2D eigenvalue weighted by molar-refractivity contribution is -0.384. The van der Waals surface area contributed by atoms with Crippen LogP contribution in [0.2, 0.25) is 5.02 Å². The highest BCUT2D eigenvalue weighted by molar-refractivity contribution is 7.14. The fourth-order valence-corrected chi connectivity index (χ4v) is 3.69. The molecule has 0 spiro atoms. The molecular weight excluding hydrogens is 456 g/mol. The van der Waals surface area contributed by atoms with Crippen molar-refractivity contribution >= 4 is 51.3 Å². The fraction of sp³-hybridized carbons (Fsp3) is 0.190. The van der Waals surface area contributed by atoms with Gasteiger partial charge in [0.25, 0.3) is 11.6 Å². The van der Waals surface area contributed by atoms with Crippen molar-refractivity contribution in [3.63, 3.8) is 0 Å². The number of anilines is 2. The van der Waals surface area contributed by atoms with E-state index < -0.39 is 16.8 Å². The molecule has 0 saturated heterocycles. The van der Waals surface area contributed by atoms with Crippen LogP contribution in [0.4, 0.5) is 16.5 Å². The standard InChI is InChI=1S/C21H19ClN4O5S/c1-2-31-19(27)10-15-12-32-21(24-15)25-20(28)13-7-8-17(18(9-13)26(29)30)23-11-14-5-3-4-6-16(14)22/h3-9,12,23H,2,10-11H2,1H3,(H,24,25,28). The third-order valence-corrected chi connectivity index (χ3v) is 5.46. The van der Waals surface area contributed by atoms with Crippen molar-refractivity contribution in [3.05, 3.63) is 79.8 Å². The molecule has 32 heavy (non-hydrogen) atoms. The van der Waals surface area contributed by atoms with E-state index in [1.165, 1.54) is 18.2 Å². The number of carbonyl (C=O) groups excluding carboxylic acids is 2. The van der Waals surface area contributed by atoms with Gasteiger partial charge < -0.3 is 10.1 Å². The minimum Gasteiger partial charge on any atom is -0.466 e. The topological polar surface area (TPSA) is 123 Å². The maximum atomic E-state index is 12.6. The van der Waals surface area contributed by atoms with E-state index in [-0.39, 0.29) is 41.6 Å². The van der Waals surface area contributed by atoms with Crippen LogP contribution in [0.25, 0.3) is 0 Å². The molecule has 0 bridgehead atoms. The van der Waals surface area contributed by atoms with Gasteiger partial charge in [0, 0.05) is 28.6 Å². The molecule has 0 atom stereocenters. The second kappa shape index (κ2) is 10.7. The van der Waals surface area contributed by atoms with Crippen LogP contribution in [0.1, 0.15) is 28.5 Å². The lowest BCUT2D eigenvalue weighted by Crippen LogP contribution is -2.13. The number of nitro groups is 1. The average molecular weight is 475 g/mol. The molecule has 1 heterocycles. The molecule has 166 valence electrons. The van der Waals surface area contributed by atoms with E-state index in [2.05, 4.69) is 15.6 Å². The number of thiazole rings is 1. The average Bonchev–Trinajstić information content (AvgIpc) is 3.19. The molecule has 0 fully saturated rings. The number of nitro benzene ring substituents is 1. The van der Waals surface area contributed by atoms with Gasteiger partial charge in [-0.1, -0.05) is 29.8 Å². The van der Waals surface area contributed by atoms with Gasteiger partial charge in [0.15, 0.2) is 5.13 Å². The van der Waals surface area contributed by atoms with E-state index in [4.69, 9.17) is 16.3 Å². The molecule has 3 aromatic rings. The van der Waals surface area contributed by atoms with Crippen molar-refractivity contribution in [1.29, 1.82) is 0 Å². The maximum Gasteiger partial charge on any atom is 0.311 e. The van der Waals surface area contributed by atoms with Crippen molar-refractivity contribution in [2.45, 2.75) is 19.9 Å². The Morgan fingerprint density at radius 3 is 2.75 bits per heavy atom. The van der Waals surface area contributed by atoms with E-state index in [0.29, 0.717) is 10.7 Å². The van der Waals surface area contributed by atoms with E-state index in [1.807, 2.05) is 12.1 Å². The Hall–Kier alpha value is -3.50. The molecule has 0 saturated carbocycles. The quantitative estimate of drug-likeness (QED) is 0.262. The van der Waals surface area contributed by atoms with Gasteiger partial charge in [0.2, 0.25) is 0 Å². The molecule has 11 heteroatoms. The first kappa shape index (κ1) is 23.2. The van der Waals surface area contributed by atoms with E-state index in [1.54, 1.807) is 24.4 Å². The molecule has 2 aromatic carbocycles. The van der Waals surface area contributed by atoms with Crippen molar-refractivity contribution in [1.82, 2.24) is 4.98 Å². The Balaban J connectivity index is 1.70. The second-order valence-electron chi connectivity index (χ2n) is 6.51. The first-order chi connectivity index (χ1) is 15.4. The zero-order valence-electron chi connectivity index (χ0n) is 17.0. The highest BCUT2D eigenvalue weighted by Crippen LogP contribution is 2.28. The monoisotopic (exact) mass is 474 g/mol. The van der Waals surface area contributed by atoms with E-state index in [9.17, 15) is 19.7 Å². The Kier molecular flexibility index (Phi) is 7.74. The van der Waals surface area contributed by atoms with Gasteiger partial charge >= 0.3 is 5.97 Å². The molecule has 3 rings (SSSR count). The number of hydrogen-bond donors (Lipinski definition) is 2. The summed E-state index contributed by atoms with van der Waals surface area (Å²) < 4.78 is 4.87. The Morgan fingerprint density at radius 1 is 1.25 bits per heavy atom. The summed E-state index contributed by atoms with van der Waals surface area (Å²) in [6.07, 6.45) is -0.00250. The third kappa shape index (κ3) is 6.02. The minimum atomic E-state index is -0.563. The van der Waals surface area contributed by atoms with Crippen LogP contribution in [0.5, 0.6) is 0 Å². The van der Waals surface area contributed by atoms with Crippen LogP contribution < -0.4 is 10.6 Å². The molecule has 0 aliphatic heterocycles. The lowest BCUT2D eigenvalue weighted by Gasteiger charge is -2.10. The number of ether oxygens (including phenoxy) is 1. The predicted molar refractivity (Wildman–Crippen MR) is 122 cm³/mol. The number of amides is 1. The van der Waals surface area contributed by atoms with Crippen molar-refractivity contribution in [2.75, 3.05) is 17.2 Å². The van der Waals surface area contributed by atoms with E-state index in [0.717, 1.165) is 16.9 Å². The maximum absolute atomic E-state index is 12.6. The molecule has 1 aromatic heterocycles. The Bertz CT molecular complexity index is 1150. The highest BCUT2D eigenvalue weighted by Gasteiger charge is 2.19. The van der Waals surface area contributed by atoms with Crippen LogP contribution >= 0.6 is 22.9 Å². The van der Waals surface area contributed by atoms with Gasteiger partial charge in [-0.05, 0) is 30.7 Å². The largest absolute Gasteiger partial charge is 0.466 e. The summed E-state index contributed by atoms with van der Waals surface area (Å²) >= 11 is 7.27. The molecule has 9 nitrogen and oxygen atoms in total. The van der Waals surface area contributed by atoms with Crippen LogP contribution in [0, 0.1) is 10.1 Å². The third-order valence-electron chi connectivity index (χ3n) is 4.29. The van der Waals surface area contributed by atoms with Crippen molar-refractivity contribution in [2.24, 2.45) is 0 Å². The SMILES string of the molecule is CCOC(=O)Cc1csc(NC(=O)c2ccc(NCc3ccccc3Cl)c([N+](=O)[O-])c2)n1. The molecule has 0 aliphatic rings. The Morgan fingerprint density at radius 2 is 2.03 bits per heavy atom. The van der Waals surface area contributed by atoms with Crippen LogP contribution in [-0.4, -0.2) is 28.4 Å². The summed E-state index contributed by atoms with van der Waals surface area (Å²) in [7, 11) is 0. The number of aromatic nitrogens is 1.